The summed E-state index contributed by atoms with van der Waals surface area (Å²) in [5.74, 6) is -0.0936. The maximum Gasteiger partial charge on any atom is 0.245 e. The maximum atomic E-state index is 12.7. The highest BCUT2D eigenvalue weighted by atomic mass is 32.2. The topological polar surface area (TPSA) is 66.5 Å². The van der Waals surface area contributed by atoms with Crippen molar-refractivity contribution < 1.29 is 13.2 Å². The third-order valence-corrected chi connectivity index (χ3v) is 5.28. The van der Waals surface area contributed by atoms with Crippen LogP contribution >= 0.6 is 0 Å². The first-order chi connectivity index (χ1) is 10.5. The largest absolute Gasteiger partial charge is 0.341 e. The summed E-state index contributed by atoms with van der Waals surface area (Å²) in [7, 11) is -3.46. The second-order valence-electron chi connectivity index (χ2n) is 5.67. The van der Waals surface area contributed by atoms with Crippen LogP contribution in [0.5, 0.6) is 0 Å². The minimum absolute atomic E-state index is 0.0557. The normalized spacial score (nSPS) is 16.7. The lowest BCUT2D eigenvalue weighted by molar-refractivity contribution is -0.132. The zero-order chi connectivity index (χ0) is 16.0. The number of rotatable bonds is 7. The van der Waals surface area contributed by atoms with Crippen LogP contribution in [0, 0.1) is 0 Å². The smallest absolute Gasteiger partial charge is 0.245 e. The van der Waals surface area contributed by atoms with Gasteiger partial charge in [-0.05, 0) is 24.8 Å². The summed E-state index contributed by atoms with van der Waals surface area (Å²) in [6, 6.07) is 8.26. The van der Waals surface area contributed by atoms with E-state index in [1.54, 1.807) is 17.0 Å². The van der Waals surface area contributed by atoms with Gasteiger partial charge in [-0.25, -0.2) is 8.42 Å². The maximum absolute atomic E-state index is 12.7. The molecule has 1 amide bonds. The molecule has 0 aliphatic carbocycles. The predicted octanol–water partition coefficient (Wildman–Crippen LogP) is 2.07. The Balaban J connectivity index is 2.20. The van der Waals surface area contributed by atoms with Gasteiger partial charge in [-0.15, -0.1) is 0 Å². The van der Waals surface area contributed by atoms with Crippen LogP contribution in [0.25, 0.3) is 0 Å². The SMILES string of the molecule is CCCCS(=O)(=O)N[C@H](C(=O)N1CCCC1)c1ccccc1. The van der Waals surface area contributed by atoms with Gasteiger partial charge in [0.1, 0.15) is 6.04 Å². The lowest BCUT2D eigenvalue weighted by Gasteiger charge is -2.24. The molecule has 0 radical (unpaired) electrons. The van der Waals surface area contributed by atoms with Gasteiger partial charge in [0.15, 0.2) is 0 Å². The minimum atomic E-state index is -3.46. The predicted molar refractivity (Wildman–Crippen MR) is 86.8 cm³/mol. The molecule has 0 bridgehead atoms. The number of carbonyl (C=O) groups is 1. The van der Waals surface area contributed by atoms with E-state index in [0.29, 0.717) is 25.1 Å². The average molecular weight is 324 g/mol. The molecule has 1 aromatic carbocycles. The van der Waals surface area contributed by atoms with Crippen LogP contribution in [0.3, 0.4) is 0 Å². The molecule has 22 heavy (non-hydrogen) atoms. The van der Waals surface area contributed by atoms with Crippen LogP contribution in [0.1, 0.15) is 44.2 Å². The molecular weight excluding hydrogens is 300 g/mol. The molecule has 1 aliphatic rings. The van der Waals surface area contributed by atoms with Crippen molar-refractivity contribution in [2.24, 2.45) is 0 Å². The fourth-order valence-electron chi connectivity index (χ4n) is 2.60. The number of likely N-dealkylation sites (tertiary alicyclic amines) is 1. The van der Waals surface area contributed by atoms with Crippen molar-refractivity contribution in [2.75, 3.05) is 18.8 Å². The van der Waals surface area contributed by atoms with E-state index in [4.69, 9.17) is 0 Å². The number of benzene rings is 1. The van der Waals surface area contributed by atoms with Crippen molar-refractivity contribution in [3.05, 3.63) is 35.9 Å². The van der Waals surface area contributed by atoms with E-state index >= 15 is 0 Å². The molecule has 1 aromatic rings. The molecule has 0 spiro atoms. The molecule has 1 heterocycles. The number of unbranched alkanes of at least 4 members (excludes halogenated alkanes) is 1. The summed E-state index contributed by atoms with van der Waals surface area (Å²) < 4.78 is 27.0. The summed E-state index contributed by atoms with van der Waals surface area (Å²) in [6.07, 6.45) is 3.36. The van der Waals surface area contributed by atoms with E-state index in [2.05, 4.69) is 4.72 Å². The van der Waals surface area contributed by atoms with Crippen molar-refractivity contribution in [1.82, 2.24) is 9.62 Å². The Kier molecular flexibility index (Phi) is 5.97. The van der Waals surface area contributed by atoms with Gasteiger partial charge >= 0.3 is 0 Å². The third kappa shape index (κ3) is 4.55. The highest BCUT2D eigenvalue weighted by molar-refractivity contribution is 7.89. The molecule has 0 saturated carbocycles. The lowest BCUT2D eigenvalue weighted by atomic mass is 10.1. The van der Waals surface area contributed by atoms with Gasteiger partial charge in [0, 0.05) is 13.1 Å². The second-order valence-corrected chi connectivity index (χ2v) is 7.54. The van der Waals surface area contributed by atoms with Crippen molar-refractivity contribution in [1.29, 1.82) is 0 Å². The molecule has 2 rings (SSSR count). The highest BCUT2D eigenvalue weighted by Gasteiger charge is 2.30. The standard InChI is InChI=1S/C16H24N2O3S/c1-2-3-13-22(20,21)17-15(14-9-5-4-6-10-14)16(19)18-11-7-8-12-18/h4-6,9-10,15,17H,2-3,7-8,11-13H2,1H3/t15-/m0/s1. The van der Waals surface area contributed by atoms with Gasteiger partial charge in [-0.1, -0.05) is 43.7 Å². The number of hydrogen-bond acceptors (Lipinski definition) is 3. The van der Waals surface area contributed by atoms with Gasteiger partial charge in [0.05, 0.1) is 5.75 Å². The molecule has 5 nitrogen and oxygen atoms in total. The molecular formula is C16H24N2O3S. The summed E-state index contributed by atoms with van der Waals surface area (Å²) >= 11 is 0. The molecule has 1 atom stereocenters. The molecule has 1 fully saturated rings. The Morgan fingerprint density at radius 1 is 1.23 bits per heavy atom. The number of nitrogens with one attached hydrogen (secondary N) is 1. The fourth-order valence-corrected chi connectivity index (χ4v) is 3.98. The molecule has 0 unspecified atom stereocenters. The van der Waals surface area contributed by atoms with E-state index in [0.717, 1.165) is 19.3 Å². The summed E-state index contributed by atoms with van der Waals surface area (Å²) in [5, 5.41) is 0. The van der Waals surface area contributed by atoms with E-state index in [1.165, 1.54) is 0 Å². The Morgan fingerprint density at radius 2 is 1.86 bits per heavy atom. The quantitative estimate of drug-likeness (QED) is 0.835. The Labute approximate surface area is 132 Å². The van der Waals surface area contributed by atoms with Gasteiger partial charge in [0.25, 0.3) is 0 Å². The number of hydrogen-bond donors (Lipinski definition) is 1. The van der Waals surface area contributed by atoms with E-state index in [1.807, 2.05) is 25.1 Å². The number of sulfonamides is 1. The molecule has 6 heteroatoms. The van der Waals surface area contributed by atoms with Crippen molar-refractivity contribution in [2.45, 2.75) is 38.6 Å². The number of nitrogens with zero attached hydrogens (tertiary/aromatic N) is 1. The first kappa shape index (κ1) is 17.0. The van der Waals surface area contributed by atoms with Crippen molar-refractivity contribution >= 4 is 15.9 Å². The first-order valence-corrected chi connectivity index (χ1v) is 9.52. The lowest BCUT2D eigenvalue weighted by Crippen LogP contribution is -2.42. The van der Waals surface area contributed by atoms with Crippen LogP contribution in [-0.2, 0) is 14.8 Å². The van der Waals surface area contributed by atoms with E-state index in [9.17, 15) is 13.2 Å². The third-order valence-electron chi connectivity index (χ3n) is 3.86. The van der Waals surface area contributed by atoms with E-state index in [-0.39, 0.29) is 11.7 Å². The van der Waals surface area contributed by atoms with Gasteiger partial charge < -0.3 is 4.90 Å². The zero-order valence-electron chi connectivity index (χ0n) is 13.0. The first-order valence-electron chi connectivity index (χ1n) is 7.87. The number of amides is 1. The second kappa shape index (κ2) is 7.74. The summed E-state index contributed by atoms with van der Waals surface area (Å²) in [5.41, 5.74) is 0.694. The van der Waals surface area contributed by atoms with Crippen LogP contribution in [-0.4, -0.2) is 38.1 Å². The summed E-state index contributed by atoms with van der Waals surface area (Å²) in [6.45, 7) is 3.36. The van der Waals surface area contributed by atoms with Crippen LogP contribution in [0.2, 0.25) is 0 Å². The Bertz CT molecular complexity index is 581. The van der Waals surface area contributed by atoms with Crippen LogP contribution in [0.15, 0.2) is 30.3 Å². The zero-order valence-corrected chi connectivity index (χ0v) is 13.8. The summed E-state index contributed by atoms with van der Waals surface area (Å²) in [4.78, 5) is 14.4. The molecule has 122 valence electrons. The Morgan fingerprint density at radius 3 is 2.45 bits per heavy atom. The van der Waals surface area contributed by atoms with Crippen LogP contribution < -0.4 is 4.72 Å². The van der Waals surface area contributed by atoms with E-state index < -0.39 is 16.1 Å². The Hall–Kier alpha value is -1.40. The van der Waals surface area contributed by atoms with Crippen molar-refractivity contribution in [3.63, 3.8) is 0 Å². The van der Waals surface area contributed by atoms with Crippen molar-refractivity contribution in [3.8, 4) is 0 Å². The molecule has 0 aromatic heterocycles. The monoisotopic (exact) mass is 324 g/mol. The van der Waals surface area contributed by atoms with Gasteiger partial charge in [0.2, 0.25) is 15.9 Å². The fraction of sp³-hybridized carbons (Fsp3) is 0.562. The van der Waals surface area contributed by atoms with Gasteiger partial charge in [-0.2, -0.15) is 4.72 Å². The number of carbonyl (C=O) groups excluding carboxylic acids is 1. The van der Waals surface area contributed by atoms with Crippen LogP contribution in [0.4, 0.5) is 0 Å². The molecule has 1 saturated heterocycles. The highest BCUT2D eigenvalue weighted by Crippen LogP contribution is 2.20. The van der Waals surface area contributed by atoms with Gasteiger partial charge in [-0.3, -0.25) is 4.79 Å². The molecule has 1 aliphatic heterocycles. The molecule has 1 N–H and O–H groups in total. The minimum Gasteiger partial charge on any atom is -0.341 e. The average Bonchev–Trinajstić information content (AvgIpc) is 3.05.